The predicted molar refractivity (Wildman–Crippen MR) is 78.9 cm³/mol. The van der Waals surface area contributed by atoms with Gasteiger partial charge in [-0.25, -0.2) is 0 Å². The summed E-state index contributed by atoms with van der Waals surface area (Å²) in [6, 6.07) is 5.67. The summed E-state index contributed by atoms with van der Waals surface area (Å²) >= 11 is 7.51. The highest BCUT2D eigenvalue weighted by molar-refractivity contribution is 7.99. The normalized spacial score (nSPS) is 12.6. The zero-order valence-electron chi connectivity index (χ0n) is 10.9. The standard InChI is InChI=1S/C13H20ClNO3S/c1-18-5-4-15-7-10-6-11(14)2-3-13(10)19-9-12(17)8-16/h2-3,6,12,15-17H,4-5,7-9H2,1H3. The zero-order valence-corrected chi connectivity index (χ0v) is 12.5. The minimum absolute atomic E-state index is 0.220. The van der Waals surface area contributed by atoms with E-state index in [0.29, 0.717) is 23.9 Å². The van der Waals surface area contributed by atoms with Gasteiger partial charge in [0, 0.05) is 35.9 Å². The average molecular weight is 306 g/mol. The molecule has 0 aliphatic heterocycles. The highest BCUT2D eigenvalue weighted by atomic mass is 35.5. The van der Waals surface area contributed by atoms with Gasteiger partial charge in [0.25, 0.3) is 0 Å². The molecule has 0 fully saturated rings. The number of nitrogens with one attached hydrogen (secondary N) is 1. The van der Waals surface area contributed by atoms with Gasteiger partial charge in [-0.3, -0.25) is 0 Å². The van der Waals surface area contributed by atoms with E-state index in [1.54, 1.807) is 7.11 Å². The van der Waals surface area contributed by atoms with Crippen molar-refractivity contribution in [1.29, 1.82) is 0 Å². The molecule has 0 saturated carbocycles. The van der Waals surface area contributed by atoms with Gasteiger partial charge in [-0.2, -0.15) is 0 Å². The summed E-state index contributed by atoms with van der Waals surface area (Å²) in [5, 5.41) is 22.2. The molecule has 0 heterocycles. The summed E-state index contributed by atoms with van der Waals surface area (Å²) < 4.78 is 4.97. The van der Waals surface area contributed by atoms with Crippen molar-refractivity contribution in [2.45, 2.75) is 17.5 Å². The second-order valence-electron chi connectivity index (χ2n) is 4.07. The molecule has 0 amide bonds. The Morgan fingerprint density at radius 1 is 1.47 bits per heavy atom. The fourth-order valence-electron chi connectivity index (χ4n) is 1.46. The second-order valence-corrected chi connectivity index (χ2v) is 5.57. The number of hydrogen-bond donors (Lipinski definition) is 3. The second kappa shape index (κ2) is 9.58. The van der Waals surface area contributed by atoms with E-state index in [2.05, 4.69) is 5.32 Å². The topological polar surface area (TPSA) is 61.7 Å². The Balaban J connectivity index is 2.58. The summed E-state index contributed by atoms with van der Waals surface area (Å²) in [5.41, 5.74) is 1.08. The summed E-state index contributed by atoms with van der Waals surface area (Å²) in [4.78, 5) is 1.06. The van der Waals surface area contributed by atoms with E-state index in [1.807, 2.05) is 18.2 Å². The molecule has 0 aromatic heterocycles. The van der Waals surface area contributed by atoms with Crippen LogP contribution in [0.4, 0.5) is 0 Å². The number of benzene rings is 1. The number of rotatable bonds is 9. The van der Waals surface area contributed by atoms with Gasteiger partial charge in [-0.05, 0) is 23.8 Å². The maximum Gasteiger partial charge on any atom is 0.0864 e. The van der Waals surface area contributed by atoms with E-state index in [0.717, 1.165) is 17.0 Å². The van der Waals surface area contributed by atoms with Gasteiger partial charge in [0.05, 0.1) is 19.3 Å². The zero-order chi connectivity index (χ0) is 14.1. The quantitative estimate of drug-likeness (QED) is 0.477. The fourth-order valence-corrected chi connectivity index (χ4v) is 2.62. The first-order valence-electron chi connectivity index (χ1n) is 6.07. The molecule has 0 aliphatic rings. The van der Waals surface area contributed by atoms with Gasteiger partial charge in [-0.15, -0.1) is 11.8 Å². The summed E-state index contributed by atoms with van der Waals surface area (Å²) in [5.74, 6) is 0.462. The number of methoxy groups -OCH3 is 1. The molecule has 1 aromatic rings. The Kier molecular flexibility index (Phi) is 8.45. The number of hydrogen-bond acceptors (Lipinski definition) is 5. The number of ether oxygens (including phenoxy) is 1. The van der Waals surface area contributed by atoms with Crippen LogP contribution >= 0.6 is 23.4 Å². The largest absolute Gasteiger partial charge is 0.394 e. The van der Waals surface area contributed by atoms with Gasteiger partial charge in [0.15, 0.2) is 0 Å². The van der Waals surface area contributed by atoms with Crippen LogP contribution in [0.2, 0.25) is 5.02 Å². The average Bonchev–Trinajstić information content (AvgIpc) is 2.42. The molecule has 1 unspecified atom stereocenters. The van der Waals surface area contributed by atoms with Crippen molar-refractivity contribution >= 4 is 23.4 Å². The van der Waals surface area contributed by atoms with E-state index in [9.17, 15) is 5.11 Å². The molecule has 0 spiro atoms. The molecule has 1 aromatic carbocycles. The van der Waals surface area contributed by atoms with Crippen LogP contribution in [0.15, 0.2) is 23.1 Å². The lowest BCUT2D eigenvalue weighted by molar-refractivity contribution is 0.113. The lowest BCUT2D eigenvalue weighted by Crippen LogP contribution is -2.19. The van der Waals surface area contributed by atoms with Gasteiger partial charge in [0.1, 0.15) is 0 Å². The van der Waals surface area contributed by atoms with Gasteiger partial charge >= 0.3 is 0 Å². The molecule has 0 aliphatic carbocycles. The molecular weight excluding hydrogens is 286 g/mol. The molecule has 3 N–H and O–H groups in total. The Morgan fingerprint density at radius 3 is 2.95 bits per heavy atom. The molecule has 19 heavy (non-hydrogen) atoms. The van der Waals surface area contributed by atoms with E-state index >= 15 is 0 Å². The predicted octanol–water partition coefficient (Wildman–Crippen LogP) is 1.52. The van der Waals surface area contributed by atoms with Gasteiger partial charge in [0.2, 0.25) is 0 Å². The molecule has 0 saturated heterocycles. The molecule has 1 rings (SSSR count). The highest BCUT2D eigenvalue weighted by Gasteiger charge is 2.07. The minimum atomic E-state index is -0.699. The Bertz CT molecular complexity index is 379. The maximum atomic E-state index is 9.38. The molecule has 108 valence electrons. The molecule has 0 radical (unpaired) electrons. The minimum Gasteiger partial charge on any atom is -0.394 e. The molecular formula is C13H20ClNO3S. The van der Waals surface area contributed by atoms with Crippen LogP contribution in [0.5, 0.6) is 0 Å². The van der Waals surface area contributed by atoms with Crippen molar-refractivity contribution in [2.24, 2.45) is 0 Å². The van der Waals surface area contributed by atoms with Crippen molar-refractivity contribution in [3.8, 4) is 0 Å². The van der Waals surface area contributed by atoms with E-state index in [-0.39, 0.29) is 6.61 Å². The van der Waals surface area contributed by atoms with Crippen molar-refractivity contribution in [2.75, 3.05) is 32.6 Å². The van der Waals surface area contributed by atoms with Crippen LogP contribution in [-0.2, 0) is 11.3 Å². The van der Waals surface area contributed by atoms with E-state index < -0.39 is 6.10 Å². The Labute approximate surface area is 123 Å². The first-order valence-corrected chi connectivity index (χ1v) is 7.43. The number of aliphatic hydroxyl groups is 2. The van der Waals surface area contributed by atoms with Crippen LogP contribution in [0.25, 0.3) is 0 Å². The highest BCUT2D eigenvalue weighted by Crippen LogP contribution is 2.26. The van der Waals surface area contributed by atoms with Crippen LogP contribution in [0.1, 0.15) is 5.56 Å². The Hall–Kier alpha value is -0.300. The molecule has 0 bridgehead atoms. The molecule has 6 heteroatoms. The smallest absolute Gasteiger partial charge is 0.0864 e. The lowest BCUT2D eigenvalue weighted by atomic mass is 10.2. The summed E-state index contributed by atoms with van der Waals surface area (Å²) in [6.07, 6.45) is -0.699. The van der Waals surface area contributed by atoms with Crippen molar-refractivity contribution < 1.29 is 14.9 Å². The van der Waals surface area contributed by atoms with Crippen molar-refractivity contribution in [3.05, 3.63) is 28.8 Å². The SMILES string of the molecule is COCCNCc1cc(Cl)ccc1SCC(O)CO. The molecule has 1 atom stereocenters. The first-order chi connectivity index (χ1) is 9.17. The van der Waals surface area contributed by atoms with Crippen LogP contribution in [0, 0.1) is 0 Å². The lowest BCUT2D eigenvalue weighted by Gasteiger charge is -2.12. The van der Waals surface area contributed by atoms with Gasteiger partial charge in [-0.1, -0.05) is 11.6 Å². The van der Waals surface area contributed by atoms with Crippen LogP contribution in [0.3, 0.4) is 0 Å². The third-order valence-corrected chi connectivity index (χ3v) is 3.96. The number of aliphatic hydroxyl groups excluding tert-OH is 2. The monoisotopic (exact) mass is 305 g/mol. The molecule has 4 nitrogen and oxygen atoms in total. The third kappa shape index (κ3) is 6.61. The summed E-state index contributed by atoms with van der Waals surface area (Å²) in [6.45, 7) is 1.90. The van der Waals surface area contributed by atoms with Crippen LogP contribution in [-0.4, -0.2) is 48.9 Å². The van der Waals surface area contributed by atoms with Gasteiger partial charge < -0.3 is 20.3 Å². The number of thioether (sulfide) groups is 1. The Morgan fingerprint density at radius 2 is 2.26 bits per heavy atom. The van der Waals surface area contributed by atoms with Crippen molar-refractivity contribution in [1.82, 2.24) is 5.32 Å². The van der Waals surface area contributed by atoms with E-state index in [4.69, 9.17) is 21.4 Å². The van der Waals surface area contributed by atoms with Crippen LogP contribution < -0.4 is 5.32 Å². The summed E-state index contributed by atoms with van der Waals surface area (Å²) in [7, 11) is 1.67. The van der Waals surface area contributed by atoms with E-state index in [1.165, 1.54) is 11.8 Å². The fraction of sp³-hybridized carbons (Fsp3) is 0.538. The maximum absolute atomic E-state index is 9.38. The number of halogens is 1. The first kappa shape index (κ1) is 16.8. The van der Waals surface area contributed by atoms with Crippen molar-refractivity contribution in [3.63, 3.8) is 0 Å². The third-order valence-electron chi connectivity index (χ3n) is 2.46.